The Morgan fingerprint density at radius 1 is 0.931 bits per heavy atom. The molecule has 7 heterocycles. The highest BCUT2D eigenvalue weighted by Crippen LogP contribution is 2.41. The van der Waals surface area contributed by atoms with Crippen LogP contribution in [0.3, 0.4) is 0 Å². The summed E-state index contributed by atoms with van der Waals surface area (Å²) in [5.74, 6) is 1.36. The summed E-state index contributed by atoms with van der Waals surface area (Å²) in [7, 11) is 0. The average molecular weight is 787 g/mol. The summed E-state index contributed by atoms with van der Waals surface area (Å²) in [5.41, 5.74) is 10.8. The molecule has 0 aliphatic carbocycles. The summed E-state index contributed by atoms with van der Waals surface area (Å²) in [6.45, 7) is 6.13. The number of amides is 1. The maximum absolute atomic E-state index is 12.7. The molecular formula is C42H46N10O6. The van der Waals surface area contributed by atoms with Crippen molar-refractivity contribution < 1.29 is 29.0 Å². The lowest BCUT2D eigenvalue weighted by atomic mass is 9.91. The van der Waals surface area contributed by atoms with Gasteiger partial charge in [-0.25, -0.2) is 9.97 Å². The van der Waals surface area contributed by atoms with Crippen LogP contribution >= 0.6 is 0 Å². The Labute approximate surface area is 334 Å². The number of morpholine rings is 1. The van der Waals surface area contributed by atoms with E-state index in [9.17, 15) is 15.0 Å². The number of fused-ring (bicyclic) bond motifs is 1. The number of aliphatic hydroxyl groups is 2. The van der Waals surface area contributed by atoms with Gasteiger partial charge in [-0.15, -0.1) is 0 Å². The first-order valence-corrected chi connectivity index (χ1v) is 19.8. The third-order valence-electron chi connectivity index (χ3n) is 11.4. The molecule has 5 N–H and O–H groups in total. The molecule has 2 aromatic carbocycles. The molecular weight excluding hydrogens is 741 g/mol. The lowest BCUT2D eigenvalue weighted by Gasteiger charge is -2.29. The van der Waals surface area contributed by atoms with E-state index in [1.807, 2.05) is 49.4 Å². The fourth-order valence-corrected chi connectivity index (χ4v) is 8.22. The number of ether oxygens (including phenoxy) is 2. The van der Waals surface area contributed by atoms with Crippen LogP contribution in [-0.2, 0) is 15.9 Å². The van der Waals surface area contributed by atoms with Crippen molar-refractivity contribution in [3.8, 4) is 0 Å². The van der Waals surface area contributed by atoms with Gasteiger partial charge in [0, 0.05) is 50.6 Å². The predicted molar refractivity (Wildman–Crippen MR) is 215 cm³/mol. The van der Waals surface area contributed by atoms with Crippen LogP contribution in [0.15, 0.2) is 89.7 Å². The number of imidazole rings is 1. The molecule has 3 fully saturated rings. The predicted octanol–water partition coefficient (Wildman–Crippen LogP) is 3.94. The van der Waals surface area contributed by atoms with E-state index in [0.29, 0.717) is 104 Å². The lowest BCUT2D eigenvalue weighted by Crippen LogP contribution is -2.37. The van der Waals surface area contributed by atoms with Crippen LogP contribution in [0.5, 0.6) is 0 Å². The summed E-state index contributed by atoms with van der Waals surface area (Å²) in [6, 6.07) is 25.9. The van der Waals surface area contributed by atoms with Crippen LogP contribution in [-0.4, -0.2) is 104 Å². The number of pyridine rings is 1. The van der Waals surface area contributed by atoms with Gasteiger partial charge in [-0.05, 0) is 36.1 Å². The third kappa shape index (κ3) is 7.23. The number of carbonyl (C=O) groups excluding carboxylic acids is 1. The normalized spacial score (nSPS) is 22.3. The Morgan fingerprint density at radius 2 is 1.67 bits per heavy atom. The first kappa shape index (κ1) is 37.6. The van der Waals surface area contributed by atoms with Crippen molar-refractivity contribution in [1.82, 2.24) is 29.7 Å². The van der Waals surface area contributed by atoms with E-state index in [1.54, 1.807) is 23.0 Å². The number of nitrogens with two attached hydrogens (primary N) is 1. The largest absolute Gasteiger partial charge is 0.387 e. The van der Waals surface area contributed by atoms with Crippen LogP contribution < -0.4 is 20.9 Å². The van der Waals surface area contributed by atoms with Crippen LogP contribution in [0, 0.1) is 0 Å². The summed E-state index contributed by atoms with van der Waals surface area (Å²) in [4.78, 5) is 36.8. The SMILES string of the molecule is CCc1cc([C@H]2O[C@@H](n3cnc4c(NCC(c5ccccc5)c5ccccc5)nc(N5CC[C@@H](c6nc(N7CCOCC7)ccc6C(N)=O)C5)nc43)[C@H](O)[C@@H]2O)on1. The second-order valence-electron chi connectivity index (χ2n) is 15.0. The zero-order chi connectivity index (χ0) is 39.8. The number of carbonyl (C=O) groups is 1. The summed E-state index contributed by atoms with van der Waals surface area (Å²) in [5, 5.41) is 30.2. The number of nitrogens with zero attached hydrogens (tertiary/aromatic N) is 8. The van der Waals surface area contributed by atoms with Crippen LogP contribution in [0.2, 0.25) is 0 Å². The first-order chi connectivity index (χ1) is 28.4. The zero-order valence-electron chi connectivity index (χ0n) is 32.1. The topological polar surface area (TPSA) is 203 Å². The van der Waals surface area contributed by atoms with Gasteiger partial charge in [-0.2, -0.15) is 9.97 Å². The molecule has 0 spiro atoms. The second kappa shape index (κ2) is 16.1. The quantitative estimate of drug-likeness (QED) is 0.139. The molecule has 16 heteroatoms. The van der Waals surface area contributed by atoms with Gasteiger partial charge >= 0.3 is 0 Å². The average Bonchev–Trinajstić information content (AvgIpc) is 4.09. The highest BCUT2D eigenvalue weighted by Gasteiger charge is 2.47. The van der Waals surface area contributed by atoms with Crippen molar-refractivity contribution in [2.75, 3.05) is 61.1 Å². The maximum atomic E-state index is 12.7. The number of aryl methyl sites for hydroxylation is 1. The van der Waals surface area contributed by atoms with E-state index in [0.717, 1.165) is 16.9 Å². The Kier molecular flexibility index (Phi) is 10.5. The minimum absolute atomic E-state index is 0.0167. The number of primary amides is 1. The zero-order valence-corrected chi connectivity index (χ0v) is 32.1. The minimum atomic E-state index is -1.33. The molecule has 3 aliphatic heterocycles. The first-order valence-electron chi connectivity index (χ1n) is 19.8. The van der Waals surface area contributed by atoms with Crippen molar-refractivity contribution in [2.24, 2.45) is 5.73 Å². The molecule has 0 unspecified atom stereocenters. The molecule has 4 aromatic heterocycles. The molecule has 0 radical (unpaired) electrons. The van der Waals surface area contributed by atoms with Gasteiger partial charge in [0.15, 0.2) is 29.0 Å². The Morgan fingerprint density at radius 3 is 2.36 bits per heavy atom. The molecule has 6 aromatic rings. The van der Waals surface area contributed by atoms with Crippen molar-refractivity contribution in [3.63, 3.8) is 0 Å². The molecule has 0 saturated carbocycles. The number of hydrogen-bond acceptors (Lipinski definition) is 14. The Hall–Kier alpha value is -5.94. The number of anilines is 3. The van der Waals surface area contributed by atoms with Gasteiger partial charge < -0.3 is 45.1 Å². The summed E-state index contributed by atoms with van der Waals surface area (Å²) >= 11 is 0. The van der Waals surface area contributed by atoms with Crippen molar-refractivity contribution >= 4 is 34.7 Å². The fraction of sp³-hybridized carbons (Fsp3) is 0.381. The monoisotopic (exact) mass is 786 g/mol. The number of aromatic nitrogens is 6. The van der Waals surface area contributed by atoms with Gasteiger partial charge in [0.25, 0.3) is 5.91 Å². The molecule has 58 heavy (non-hydrogen) atoms. The van der Waals surface area contributed by atoms with Crippen LogP contribution in [0.4, 0.5) is 17.6 Å². The van der Waals surface area contributed by atoms with Gasteiger partial charge in [0.1, 0.15) is 24.1 Å². The van der Waals surface area contributed by atoms with E-state index in [2.05, 4.69) is 44.5 Å². The summed E-state index contributed by atoms with van der Waals surface area (Å²) in [6.07, 6.45) is -1.75. The van der Waals surface area contributed by atoms with E-state index >= 15 is 0 Å². The van der Waals surface area contributed by atoms with Gasteiger partial charge in [0.2, 0.25) is 5.95 Å². The molecule has 300 valence electrons. The molecule has 3 saturated heterocycles. The lowest BCUT2D eigenvalue weighted by molar-refractivity contribution is -0.0434. The molecule has 1 amide bonds. The van der Waals surface area contributed by atoms with Crippen molar-refractivity contribution in [2.45, 2.75) is 56.1 Å². The van der Waals surface area contributed by atoms with Crippen LogP contribution in [0.1, 0.15) is 76.1 Å². The third-order valence-corrected chi connectivity index (χ3v) is 11.4. The van der Waals surface area contributed by atoms with E-state index in [-0.39, 0.29) is 11.8 Å². The molecule has 3 aliphatic rings. The van der Waals surface area contributed by atoms with E-state index in [1.165, 1.54) is 0 Å². The number of hydrogen-bond donors (Lipinski definition) is 4. The Balaban J connectivity index is 1.07. The van der Waals surface area contributed by atoms with Gasteiger partial charge in [0.05, 0.1) is 36.5 Å². The van der Waals surface area contributed by atoms with Crippen molar-refractivity contribution in [1.29, 1.82) is 0 Å². The number of rotatable bonds is 12. The van der Waals surface area contributed by atoms with Crippen LogP contribution in [0.25, 0.3) is 11.2 Å². The van der Waals surface area contributed by atoms with E-state index in [4.69, 9.17) is 39.7 Å². The standard InChI is InChI=1S/C42H46N10O6/c1-2-28-21-31(58-49-28)37-35(53)36(54)41(57-37)52-24-45-34-39(44-22-30(25-9-5-3-6-10-25)26-11-7-4-8-12-26)47-42(48-40(34)52)51-16-15-27(23-51)33-29(38(43)55)13-14-32(46-33)50-17-19-56-20-18-50/h3-14,21,24,27,30,35-37,41,53-54H,2,15-20,22-23H2,1H3,(H2,43,55)(H,44,47,48)/t27-,35+,36-,37-,41-/m1/s1. The highest BCUT2D eigenvalue weighted by molar-refractivity contribution is 5.94. The summed E-state index contributed by atoms with van der Waals surface area (Å²) < 4.78 is 19.0. The maximum Gasteiger partial charge on any atom is 0.250 e. The molecule has 5 atom stereocenters. The van der Waals surface area contributed by atoms with E-state index < -0.39 is 30.4 Å². The number of benzene rings is 2. The Bertz CT molecular complexity index is 2330. The second-order valence-corrected chi connectivity index (χ2v) is 15.0. The molecule has 9 rings (SSSR count). The highest BCUT2D eigenvalue weighted by atomic mass is 16.6. The fourth-order valence-electron chi connectivity index (χ4n) is 8.22. The smallest absolute Gasteiger partial charge is 0.250 e. The molecule has 0 bridgehead atoms. The van der Waals surface area contributed by atoms with Crippen molar-refractivity contribution in [3.05, 3.63) is 119 Å². The molecule has 16 nitrogen and oxygen atoms in total. The van der Waals surface area contributed by atoms with Gasteiger partial charge in [-0.3, -0.25) is 9.36 Å². The number of aliphatic hydroxyl groups excluding tert-OH is 2. The number of nitrogens with one attached hydrogen (secondary N) is 1. The minimum Gasteiger partial charge on any atom is -0.387 e. The van der Waals surface area contributed by atoms with Gasteiger partial charge in [-0.1, -0.05) is 72.7 Å².